The Bertz CT molecular complexity index is 379. The molecule has 0 saturated heterocycles. The van der Waals surface area contributed by atoms with Crippen molar-refractivity contribution in [1.82, 2.24) is 0 Å². The van der Waals surface area contributed by atoms with Crippen LogP contribution in [-0.2, 0) is 0 Å². The highest BCUT2D eigenvalue weighted by molar-refractivity contribution is 6.32. The summed E-state index contributed by atoms with van der Waals surface area (Å²) in [6.45, 7) is 0.255. The molecule has 0 spiro atoms. The van der Waals surface area contributed by atoms with Gasteiger partial charge in [-0.1, -0.05) is 11.6 Å². The van der Waals surface area contributed by atoms with Crippen molar-refractivity contribution in [2.75, 3.05) is 13.7 Å². The predicted octanol–water partition coefficient (Wildman–Crippen LogP) is 1.59. The lowest BCUT2D eigenvalue weighted by Gasteiger charge is -2.09. The Labute approximate surface area is 92.6 Å². The number of carbonyl (C=O) groups is 1. The molecule has 1 aromatic rings. The largest absolute Gasteiger partial charge is 0.503 e. The summed E-state index contributed by atoms with van der Waals surface area (Å²) < 4.78 is 4.93. The van der Waals surface area contributed by atoms with Crippen molar-refractivity contribution in [3.63, 3.8) is 0 Å². The van der Waals surface area contributed by atoms with Crippen LogP contribution in [0, 0.1) is 0 Å². The molecule has 0 unspecified atom stereocenters. The predicted molar refractivity (Wildman–Crippen MR) is 57.7 cm³/mol. The van der Waals surface area contributed by atoms with Crippen molar-refractivity contribution in [2.45, 2.75) is 6.42 Å². The first-order valence-electron chi connectivity index (χ1n) is 4.40. The first-order chi connectivity index (χ1) is 7.11. The Morgan fingerprint density at radius 2 is 2.27 bits per heavy atom. The standard InChI is InChI=1S/C10H12ClNO3/c1-15-10-6(8(13)4-5-12)2-3-7(11)9(10)14/h2-3,14H,4-5,12H2,1H3. The van der Waals surface area contributed by atoms with Gasteiger partial charge in [0.15, 0.2) is 17.3 Å². The maximum absolute atomic E-state index is 11.6. The lowest BCUT2D eigenvalue weighted by atomic mass is 10.1. The van der Waals surface area contributed by atoms with Gasteiger partial charge >= 0.3 is 0 Å². The van der Waals surface area contributed by atoms with Crippen LogP contribution in [-0.4, -0.2) is 24.5 Å². The molecule has 0 aromatic heterocycles. The van der Waals surface area contributed by atoms with Gasteiger partial charge in [-0.3, -0.25) is 4.79 Å². The van der Waals surface area contributed by atoms with Crippen molar-refractivity contribution >= 4 is 17.4 Å². The zero-order valence-corrected chi connectivity index (χ0v) is 9.04. The minimum Gasteiger partial charge on any atom is -0.503 e. The topological polar surface area (TPSA) is 72.5 Å². The summed E-state index contributed by atoms with van der Waals surface area (Å²) in [4.78, 5) is 11.6. The zero-order chi connectivity index (χ0) is 11.4. The number of phenols is 1. The fourth-order valence-corrected chi connectivity index (χ4v) is 1.39. The minimum absolute atomic E-state index is 0.0981. The second-order valence-electron chi connectivity index (χ2n) is 2.94. The number of carbonyl (C=O) groups excluding carboxylic acids is 1. The SMILES string of the molecule is COc1c(C(=O)CCN)ccc(Cl)c1O. The van der Waals surface area contributed by atoms with Gasteiger partial charge in [0.2, 0.25) is 0 Å². The number of phenolic OH excluding ortho intramolecular Hbond substituents is 1. The quantitative estimate of drug-likeness (QED) is 0.769. The zero-order valence-electron chi connectivity index (χ0n) is 8.29. The van der Waals surface area contributed by atoms with Crippen LogP contribution in [0.15, 0.2) is 12.1 Å². The first kappa shape index (κ1) is 11.8. The summed E-state index contributed by atoms with van der Waals surface area (Å²) in [5.41, 5.74) is 5.57. The summed E-state index contributed by atoms with van der Waals surface area (Å²) in [5.74, 6) is -0.302. The number of rotatable bonds is 4. The molecule has 0 heterocycles. The number of hydrogen-bond donors (Lipinski definition) is 2. The molecule has 4 nitrogen and oxygen atoms in total. The highest BCUT2D eigenvalue weighted by atomic mass is 35.5. The van der Waals surface area contributed by atoms with Crippen molar-refractivity contribution in [2.24, 2.45) is 5.73 Å². The fourth-order valence-electron chi connectivity index (χ4n) is 1.24. The molecule has 3 N–H and O–H groups in total. The van der Waals surface area contributed by atoms with Gasteiger partial charge in [0.05, 0.1) is 17.7 Å². The highest BCUT2D eigenvalue weighted by Crippen LogP contribution is 2.37. The Kier molecular flexibility index (Phi) is 3.94. The van der Waals surface area contributed by atoms with Crippen molar-refractivity contribution in [3.05, 3.63) is 22.7 Å². The first-order valence-corrected chi connectivity index (χ1v) is 4.78. The van der Waals surface area contributed by atoms with Crippen molar-refractivity contribution in [3.8, 4) is 11.5 Å². The maximum atomic E-state index is 11.6. The lowest BCUT2D eigenvalue weighted by molar-refractivity contribution is 0.0982. The van der Waals surface area contributed by atoms with Gasteiger partial charge in [0.1, 0.15) is 0 Å². The molecule has 0 atom stereocenters. The van der Waals surface area contributed by atoms with Gasteiger partial charge in [-0.25, -0.2) is 0 Å². The molecule has 82 valence electrons. The number of nitrogens with two attached hydrogens (primary N) is 1. The van der Waals surface area contributed by atoms with E-state index < -0.39 is 0 Å². The fraction of sp³-hybridized carbons (Fsp3) is 0.300. The second-order valence-corrected chi connectivity index (χ2v) is 3.35. The van der Waals surface area contributed by atoms with Gasteiger partial charge in [-0.2, -0.15) is 0 Å². The maximum Gasteiger partial charge on any atom is 0.177 e. The van der Waals surface area contributed by atoms with Crippen LogP contribution in [0.5, 0.6) is 11.5 Å². The number of Topliss-reactive ketones (excluding diaryl/α,β-unsaturated/α-hetero) is 1. The molecule has 15 heavy (non-hydrogen) atoms. The van der Waals surface area contributed by atoms with Crippen molar-refractivity contribution in [1.29, 1.82) is 0 Å². The number of aromatic hydroxyl groups is 1. The number of benzene rings is 1. The smallest absolute Gasteiger partial charge is 0.177 e. The van der Waals surface area contributed by atoms with E-state index in [1.807, 2.05) is 0 Å². The minimum atomic E-state index is -0.220. The molecule has 0 aliphatic rings. The number of ether oxygens (including phenoxy) is 1. The van der Waals surface area contributed by atoms with E-state index in [0.29, 0.717) is 5.56 Å². The number of hydrogen-bond acceptors (Lipinski definition) is 4. The van der Waals surface area contributed by atoms with Crippen LogP contribution < -0.4 is 10.5 Å². The van der Waals surface area contributed by atoms with E-state index in [4.69, 9.17) is 22.1 Å². The molecule has 0 fully saturated rings. The van der Waals surface area contributed by atoms with Crippen LogP contribution in [0.25, 0.3) is 0 Å². The average molecular weight is 230 g/mol. The van der Waals surface area contributed by atoms with Gasteiger partial charge in [0, 0.05) is 6.42 Å². The average Bonchev–Trinajstić information content (AvgIpc) is 2.22. The molecule has 1 aromatic carbocycles. The van der Waals surface area contributed by atoms with E-state index in [0.717, 1.165) is 0 Å². The van der Waals surface area contributed by atoms with E-state index in [2.05, 4.69) is 0 Å². The molecular formula is C10H12ClNO3. The van der Waals surface area contributed by atoms with Gasteiger partial charge in [0.25, 0.3) is 0 Å². The van der Waals surface area contributed by atoms with Crippen LogP contribution >= 0.6 is 11.6 Å². The molecule has 1 rings (SSSR count). The molecule has 0 radical (unpaired) electrons. The van der Waals surface area contributed by atoms with Crippen molar-refractivity contribution < 1.29 is 14.6 Å². The Morgan fingerprint density at radius 1 is 1.60 bits per heavy atom. The summed E-state index contributed by atoms with van der Waals surface area (Å²) in [6, 6.07) is 2.96. The Hall–Kier alpha value is -1.26. The van der Waals surface area contributed by atoms with Crippen LogP contribution in [0.4, 0.5) is 0 Å². The van der Waals surface area contributed by atoms with Crippen LogP contribution in [0.3, 0.4) is 0 Å². The Balaban J connectivity index is 3.18. The number of ketones is 1. The highest BCUT2D eigenvalue weighted by Gasteiger charge is 2.17. The molecule has 5 heteroatoms. The summed E-state index contributed by atoms with van der Waals surface area (Å²) >= 11 is 5.68. The third kappa shape index (κ3) is 2.40. The molecule has 0 saturated carbocycles. The molecule has 0 aliphatic heterocycles. The van der Waals surface area contributed by atoms with Gasteiger partial charge in [-0.05, 0) is 18.7 Å². The van der Waals surface area contributed by atoms with Crippen LogP contribution in [0.2, 0.25) is 5.02 Å². The van der Waals surface area contributed by atoms with E-state index in [9.17, 15) is 9.90 Å². The van der Waals surface area contributed by atoms with E-state index >= 15 is 0 Å². The van der Waals surface area contributed by atoms with E-state index in [1.54, 1.807) is 0 Å². The normalized spacial score (nSPS) is 10.1. The van der Waals surface area contributed by atoms with E-state index in [1.165, 1.54) is 19.2 Å². The third-order valence-electron chi connectivity index (χ3n) is 1.96. The third-order valence-corrected chi connectivity index (χ3v) is 2.26. The molecule has 0 bridgehead atoms. The van der Waals surface area contributed by atoms with Crippen LogP contribution in [0.1, 0.15) is 16.8 Å². The summed E-state index contributed by atoms with van der Waals surface area (Å²) in [6.07, 6.45) is 0.206. The summed E-state index contributed by atoms with van der Waals surface area (Å²) in [5, 5.41) is 9.70. The number of halogens is 1. The lowest BCUT2D eigenvalue weighted by Crippen LogP contribution is -2.09. The van der Waals surface area contributed by atoms with Gasteiger partial charge < -0.3 is 15.6 Å². The Morgan fingerprint density at radius 3 is 2.80 bits per heavy atom. The van der Waals surface area contributed by atoms with E-state index in [-0.39, 0.29) is 35.3 Å². The number of methoxy groups -OCH3 is 1. The molecule has 0 amide bonds. The second kappa shape index (κ2) is 5.00. The molecular weight excluding hydrogens is 218 g/mol. The van der Waals surface area contributed by atoms with Gasteiger partial charge in [-0.15, -0.1) is 0 Å². The molecule has 0 aliphatic carbocycles. The monoisotopic (exact) mass is 229 g/mol. The summed E-state index contributed by atoms with van der Waals surface area (Å²) in [7, 11) is 1.37.